The summed E-state index contributed by atoms with van der Waals surface area (Å²) in [4.78, 5) is 39.3. The number of anilines is 1. The second kappa shape index (κ2) is 7.67. The lowest BCUT2D eigenvalue weighted by molar-refractivity contribution is -0.122. The van der Waals surface area contributed by atoms with Crippen molar-refractivity contribution in [1.29, 1.82) is 0 Å². The van der Waals surface area contributed by atoms with Crippen molar-refractivity contribution >= 4 is 29.6 Å². The SMILES string of the molecule is Cc1ccc(-n2c(C)cc(C=C3C(=O)NC(=O)N(c4ccc5c(c4)OCO5)C3=O)c2C)cc1. The molecule has 1 saturated heterocycles. The van der Waals surface area contributed by atoms with Crippen LogP contribution in [0.5, 0.6) is 11.5 Å². The lowest BCUT2D eigenvalue weighted by Crippen LogP contribution is -2.54. The van der Waals surface area contributed by atoms with E-state index in [9.17, 15) is 14.4 Å². The molecule has 0 unspecified atom stereocenters. The molecule has 1 fully saturated rings. The Labute approximate surface area is 190 Å². The average Bonchev–Trinajstić information content (AvgIpc) is 3.35. The van der Waals surface area contributed by atoms with Crippen LogP contribution in [0.25, 0.3) is 11.8 Å². The van der Waals surface area contributed by atoms with Crippen LogP contribution in [0.2, 0.25) is 0 Å². The number of aryl methyl sites for hydroxylation is 2. The highest BCUT2D eigenvalue weighted by atomic mass is 16.7. The topological polar surface area (TPSA) is 89.9 Å². The summed E-state index contributed by atoms with van der Waals surface area (Å²) in [6.45, 7) is 5.97. The van der Waals surface area contributed by atoms with Gasteiger partial charge in [-0.25, -0.2) is 9.69 Å². The number of hydrogen-bond donors (Lipinski definition) is 1. The Hall–Kier alpha value is -4.33. The minimum absolute atomic E-state index is 0.0686. The predicted molar refractivity (Wildman–Crippen MR) is 122 cm³/mol. The third-order valence-corrected chi connectivity index (χ3v) is 5.78. The molecule has 3 heterocycles. The van der Waals surface area contributed by atoms with Crippen molar-refractivity contribution in [3.05, 3.63) is 76.6 Å². The van der Waals surface area contributed by atoms with Crippen LogP contribution in [0.3, 0.4) is 0 Å². The number of aromatic nitrogens is 1. The lowest BCUT2D eigenvalue weighted by atomic mass is 10.1. The molecule has 8 nitrogen and oxygen atoms in total. The van der Waals surface area contributed by atoms with Gasteiger partial charge in [-0.2, -0.15) is 0 Å². The highest BCUT2D eigenvalue weighted by molar-refractivity contribution is 6.39. The molecule has 0 bridgehead atoms. The van der Waals surface area contributed by atoms with E-state index in [2.05, 4.69) is 9.88 Å². The molecule has 3 aromatic rings. The van der Waals surface area contributed by atoms with Gasteiger partial charge in [0.05, 0.1) is 5.69 Å². The molecule has 2 aromatic carbocycles. The molecular formula is C25H21N3O5. The van der Waals surface area contributed by atoms with E-state index in [1.165, 1.54) is 12.1 Å². The summed E-state index contributed by atoms with van der Waals surface area (Å²) in [7, 11) is 0. The number of amides is 4. The van der Waals surface area contributed by atoms with Gasteiger partial charge in [0.1, 0.15) is 5.57 Å². The Bertz CT molecular complexity index is 1350. The van der Waals surface area contributed by atoms with E-state index in [0.717, 1.165) is 27.5 Å². The van der Waals surface area contributed by atoms with Crippen LogP contribution in [0.1, 0.15) is 22.5 Å². The maximum Gasteiger partial charge on any atom is 0.335 e. The molecule has 0 spiro atoms. The molecule has 1 N–H and O–H groups in total. The van der Waals surface area contributed by atoms with Crippen LogP contribution in [0.4, 0.5) is 10.5 Å². The fourth-order valence-electron chi connectivity index (χ4n) is 4.10. The van der Waals surface area contributed by atoms with Gasteiger partial charge < -0.3 is 14.0 Å². The second-order valence-electron chi connectivity index (χ2n) is 7.99. The van der Waals surface area contributed by atoms with Gasteiger partial charge in [-0.15, -0.1) is 0 Å². The number of benzene rings is 2. The normalized spacial score (nSPS) is 16.5. The van der Waals surface area contributed by atoms with Gasteiger partial charge in [-0.3, -0.25) is 14.9 Å². The Kier molecular flexibility index (Phi) is 4.78. The Balaban J connectivity index is 1.53. The third kappa shape index (κ3) is 3.45. The van der Waals surface area contributed by atoms with Gasteiger partial charge in [-0.05, 0) is 62.7 Å². The zero-order valence-electron chi connectivity index (χ0n) is 18.3. The van der Waals surface area contributed by atoms with E-state index < -0.39 is 17.8 Å². The summed E-state index contributed by atoms with van der Waals surface area (Å²) >= 11 is 0. The highest BCUT2D eigenvalue weighted by Gasteiger charge is 2.37. The number of fused-ring (bicyclic) bond motifs is 1. The molecule has 0 radical (unpaired) electrons. The number of imide groups is 2. The molecular weight excluding hydrogens is 422 g/mol. The van der Waals surface area contributed by atoms with Crippen molar-refractivity contribution in [2.45, 2.75) is 20.8 Å². The van der Waals surface area contributed by atoms with Gasteiger partial charge in [0.25, 0.3) is 11.8 Å². The van der Waals surface area contributed by atoms with Crippen LogP contribution in [-0.4, -0.2) is 29.2 Å². The fourth-order valence-corrected chi connectivity index (χ4v) is 4.10. The minimum Gasteiger partial charge on any atom is -0.454 e. The van der Waals surface area contributed by atoms with Crippen molar-refractivity contribution < 1.29 is 23.9 Å². The molecule has 0 aliphatic carbocycles. The van der Waals surface area contributed by atoms with E-state index in [0.29, 0.717) is 17.1 Å². The van der Waals surface area contributed by atoms with E-state index >= 15 is 0 Å². The first-order valence-electron chi connectivity index (χ1n) is 10.4. The molecule has 2 aliphatic rings. The molecule has 166 valence electrons. The Morgan fingerprint density at radius 1 is 0.879 bits per heavy atom. The summed E-state index contributed by atoms with van der Waals surface area (Å²) in [5.74, 6) is -0.485. The smallest absolute Gasteiger partial charge is 0.335 e. The van der Waals surface area contributed by atoms with Crippen molar-refractivity contribution in [2.75, 3.05) is 11.7 Å². The minimum atomic E-state index is -0.814. The largest absolute Gasteiger partial charge is 0.454 e. The molecule has 5 rings (SSSR count). The number of nitrogens with one attached hydrogen (secondary N) is 1. The number of barbiturate groups is 1. The standard InChI is InChI=1S/C25H21N3O5/c1-14-4-6-18(7-5-14)27-15(2)10-17(16(27)3)11-20-23(29)26-25(31)28(24(20)30)19-8-9-21-22(12-19)33-13-32-21/h4-12H,13H2,1-3H3,(H,26,29,31). The first kappa shape index (κ1) is 20.6. The van der Waals surface area contributed by atoms with Crippen molar-refractivity contribution in [3.63, 3.8) is 0 Å². The predicted octanol–water partition coefficient (Wildman–Crippen LogP) is 3.80. The van der Waals surface area contributed by atoms with E-state index in [-0.39, 0.29) is 18.1 Å². The Morgan fingerprint density at radius 3 is 2.33 bits per heavy atom. The number of carbonyl (C=O) groups excluding carboxylic acids is 3. The summed E-state index contributed by atoms with van der Waals surface area (Å²) in [6, 6.07) is 13.9. The van der Waals surface area contributed by atoms with Crippen LogP contribution in [0, 0.1) is 20.8 Å². The van der Waals surface area contributed by atoms with Crippen LogP contribution in [-0.2, 0) is 9.59 Å². The molecule has 0 atom stereocenters. The number of rotatable bonds is 3. The maximum atomic E-state index is 13.3. The molecule has 8 heteroatoms. The Morgan fingerprint density at radius 2 is 1.58 bits per heavy atom. The highest BCUT2D eigenvalue weighted by Crippen LogP contribution is 2.36. The molecule has 0 saturated carbocycles. The van der Waals surface area contributed by atoms with Crippen molar-refractivity contribution in [2.24, 2.45) is 0 Å². The second-order valence-corrected chi connectivity index (χ2v) is 7.99. The zero-order valence-corrected chi connectivity index (χ0v) is 18.3. The lowest BCUT2D eigenvalue weighted by Gasteiger charge is -2.26. The molecule has 33 heavy (non-hydrogen) atoms. The van der Waals surface area contributed by atoms with E-state index in [4.69, 9.17) is 9.47 Å². The number of carbonyl (C=O) groups is 3. The van der Waals surface area contributed by atoms with Gasteiger partial charge in [0.15, 0.2) is 11.5 Å². The van der Waals surface area contributed by atoms with Crippen molar-refractivity contribution in [3.8, 4) is 17.2 Å². The van der Waals surface area contributed by atoms with Gasteiger partial charge >= 0.3 is 6.03 Å². The first-order valence-corrected chi connectivity index (χ1v) is 10.4. The number of ether oxygens (including phenoxy) is 2. The van der Waals surface area contributed by atoms with Gasteiger partial charge in [-0.1, -0.05) is 17.7 Å². The number of urea groups is 1. The summed E-state index contributed by atoms with van der Waals surface area (Å²) in [5.41, 5.74) is 4.83. The van der Waals surface area contributed by atoms with Crippen LogP contribution >= 0.6 is 0 Å². The summed E-state index contributed by atoms with van der Waals surface area (Å²) < 4.78 is 12.7. The average molecular weight is 443 g/mol. The van der Waals surface area contributed by atoms with Gasteiger partial charge in [0, 0.05) is 23.1 Å². The van der Waals surface area contributed by atoms with Crippen LogP contribution in [0.15, 0.2) is 54.1 Å². The molecule has 2 aliphatic heterocycles. The molecule has 1 aromatic heterocycles. The van der Waals surface area contributed by atoms with Crippen LogP contribution < -0.4 is 19.7 Å². The summed E-state index contributed by atoms with van der Waals surface area (Å²) in [5, 5.41) is 2.26. The first-order chi connectivity index (χ1) is 15.8. The monoisotopic (exact) mass is 443 g/mol. The fraction of sp³-hybridized carbons (Fsp3) is 0.160. The van der Waals surface area contributed by atoms with E-state index in [1.54, 1.807) is 12.1 Å². The number of nitrogens with zero attached hydrogens (tertiary/aromatic N) is 2. The molecule has 4 amide bonds. The number of hydrogen-bond acceptors (Lipinski definition) is 5. The quantitative estimate of drug-likeness (QED) is 0.491. The summed E-state index contributed by atoms with van der Waals surface area (Å²) in [6.07, 6.45) is 1.52. The maximum absolute atomic E-state index is 13.3. The zero-order chi connectivity index (χ0) is 23.3. The van der Waals surface area contributed by atoms with Gasteiger partial charge in [0.2, 0.25) is 6.79 Å². The third-order valence-electron chi connectivity index (χ3n) is 5.78. The van der Waals surface area contributed by atoms with Crippen molar-refractivity contribution in [1.82, 2.24) is 9.88 Å². The van der Waals surface area contributed by atoms with E-state index in [1.807, 2.05) is 51.1 Å².